The van der Waals surface area contributed by atoms with E-state index in [4.69, 9.17) is 32.7 Å². The quantitative estimate of drug-likeness (QED) is 0.437. The summed E-state index contributed by atoms with van der Waals surface area (Å²) in [5.74, 6) is 0.421. The van der Waals surface area contributed by atoms with Crippen molar-refractivity contribution in [2.75, 3.05) is 18.5 Å². The van der Waals surface area contributed by atoms with Crippen molar-refractivity contribution in [1.29, 1.82) is 0 Å². The van der Waals surface area contributed by atoms with Crippen LogP contribution in [-0.4, -0.2) is 24.2 Å². The molecule has 0 aromatic heterocycles. The number of carbonyl (C=O) groups is 1. The maximum atomic E-state index is 11.7. The van der Waals surface area contributed by atoms with E-state index in [1.165, 1.54) is 12.1 Å². The second-order valence-corrected chi connectivity index (χ2v) is 5.79. The lowest BCUT2D eigenvalue weighted by Crippen LogP contribution is -2.17. The van der Waals surface area contributed by atoms with Crippen LogP contribution in [0.25, 0.3) is 0 Å². The third-order valence-electron chi connectivity index (χ3n) is 3.12. The summed E-state index contributed by atoms with van der Waals surface area (Å²) in [6, 6.07) is 9.13. The van der Waals surface area contributed by atoms with E-state index in [0.717, 1.165) is 0 Å². The molecule has 0 bridgehead atoms. The second kappa shape index (κ2) is 8.55. The monoisotopic (exact) mass is 384 g/mol. The largest absolute Gasteiger partial charge is 0.488 e. The zero-order valence-corrected chi connectivity index (χ0v) is 14.6. The molecule has 1 N–H and O–H groups in total. The van der Waals surface area contributed by atoms with Crippen LogP contribution in [0.15, 0.2) is 36.4 Å². The molecule has 0 aliphatic rings. The van der Waals surface area contributed by atoms with Gasteiger partial charge in [0.1, 0.15) is 19.0 Å². The molecule has 2 aromatic rings. The lowest BCUT2D eigenvalue weighted by Gasteiger charge is -2.10. The van der Waals surface area contributed by atoms with Gasteiger partial charge in [0.25, 0.3) is 5.69 Å². The zero-order chi connectivity index (χ0) is 18.4. The fourth-order valence-electron chi connectivity index (χ4n) is 1.92. The fraction of sp³-hybridized carbons (Fsp3) is 0.188. The molecule has 2 rings (SSSR count). The fourth-order valence-corrected chi connectivity index (χ4v) is 2.38. The number of nitrogens with one attached hydrogen (secondary N) is 1. The molecule has 7 nitrogen and oxygen atoms in total. The number of benzene rings is 2. The van der Waals surface area contributed by atoms with Gasteiger partial charge in [-0.3, -0.25) is 15.4 Å². The van der Waals surface area contributed by atoms with Gasteiger partial charge in [0, 0.05) is 16.7 Å². The average Bonchev–Trinajstić information content (AvgIpc) is 2.54. The SMILES string of the molecule is Cc1ccc(NC(=O)OCCOc2ccc(Cl)cc2Cl)cc1[N+](=O)[O-]. The number of anilines is 1. The summed E-state index contributed by atoms with van der Waals surface area (Å²) in [7, 11) is 0. The summed E-state index contributed by atoms with van der Waals surface area (Å²) < 4.78 is 10.3. The second-order valence-electron chi connectivity index (χ2n) is 4.94. The van der Waals surface area contributed by atoms with E-state index in [1.807, 2.05) is 0 Å². The summed E-state index contributed by atoms with van der Waals surface area (Å²) in [5, 5.41) is 14.1. The van der Waals surface area contributed by atoms with Crippen molar-refractivity contribution in [2.45, 2.75) is 6.92 Å². The normalized spacial score (nSPS) is 10.2. The first-order valence-electron chi connectivity index (χ1n) is 7.13. The van der Waals surface area contributed by atoms with Crippen molar-refractivity contribution in [3.05, 3.63) is 62.1 Å². The van der Waals surface area contributed by atoms with Crippen LogP contribution in [0.2, 0.25) is 10.0 Å². The molecule has 0 radical (unpaired) electrons. The number of nitrogens with zero attached hydrogens (tertiary/aromatic N) is 1. The van der Waals surface area contributed by atoms with E-state index in [1.54, 1.807) is 31.2 Å². The molecule has 9 heteroatoms. The Morgan fingerprint density at radius 2 is 1.96 bits per heavy atom. The molecular weight excluding hydrogens is 371 g/mol. The molecule has 0 heterocycles. The third-order valence-corrected chi connectivity index (χ3v) is 3.65. The highest BCUT2D eigenvalue weighted by Crippen LogP contribution is 2.27. The summed E-state index contributed by atoms with van der Waals surface area (Å²) in [5.41, 5.74) is 0.680. The number of carbonyl (C=O) groups excluding carboxylic acids is 1. The van der Waals surface area contributed by atoms with Gasteiger partial charge < -0.3 is 9.47 Å². The van der Waals surface area contributed by atoms with E-state index in [0.29, 0.717) is 21.4 Å². The van der Waals surface area contributed by atoms with Gasteiger partial charge in [0.15, 0.2) is 0 Å². The molecule has 0 aliphatic carbocycles. The molecule has 0 fully saturated rings. The summed E-state index contributed by atoms with van der Waals surface area (Å²) in [4.78, 5) is 22.1. The van der Waals surface area contributed by atoms with Crippen LogP contribution < -0.4 is 10.1 Å². The van der Waals surface area contributed by atoms with E-state index < -0.39 is 11.0 Å². The highest BCUT2D eigenvalue weighted by molar-refractivity contribution is 6.35. The highest BCUT2D eigenvalue weighted by atomic mass is 35.5. The molecule has 0 spiro atoms. The zero-order valence-electron chi connectivity index (χ0n) is 13.1. The van der Waals surface area contributed by atoms with Crippen LogP contribution in [0.3, 0.4) is 0 Å². The number of amides is 1. The number of aryl methyl sites for hydroxylation is 1. The van der Waals surface area contributed by atoms with Gasteiger partial charge in [-0.25, -0.2) is 4.79 Å². The van der Waals surface area contributed by atoms with E-state index >= 15 is 0 Å². The molecular formula is C16H14Cl2N2O5. The van der Waals surface area contributed by atoms with Gasteiger partial charge in [-0.1, -0.05) is 29.3 Å². The predicted octanol–water partition coefficient (Wildman–Crippen LogP) is 4.84. The van der Waals surface area contributed by atoms with Crippen LogP contribution >= 0.6 is 23.2 Å². The number of nitro groups is 1. The first-order valence-corrected chi connectivity index (χ1v) is 7.89. The lowest BCUT2D eigenvalue weighted by atomic mass is 10.2. The standard InChI is InChI=1S/C16H14Cl2N2O5/c1-10-2-4-12(9-14(10)20(22)23)19-16(21)25-7-6-24-15-5-3-11(17)8-13(15)18/h2-5,8-9H,6-7H2,1H3,(H,19,21). The van der Waals surface area contributed by atoms with Crippen molar-refractivity contribution in [3.63, 3.8) is 0 Å². The number of halogens is 2. The number of hydrogen-bond donors (Lipinski definition) is 1. The highest BCUT2D eigenvalue weighted by Gasteiger charge is 2.12. The van der Waals surface area contributed by atoms with Gasteiger partial charge in [0.05, 0.1) is 15.6 Å². The molecule has 0 aliphatic heterocycles. The number of rotatable bonds is 6. The predicted molar refractivity (Wildman–Crippen MR) is 94.8 cm³/mol. The van der Waals surface area contributed by atoms with Crippen molar-refractivity contribution < 1.29 is 19.2 Å². The number of ether oxygens (including phenoxy) is 2. The maximum Gasteiger partial charge on any atom is 0.411 e. The van der Waals surface area contributed by atoms with E-state index in [-0.39, 0.29) is 24.6 Å². The Kier molecular flexibility index (Phi) is 6.44. The minimum absolute atomic E-state index is 0.0290. The maximum absolute atomic E-state index is 11.7. The van der Waals surface area contributed by atoms with Crippen LogP contribution in [0.5, 0.6) is 5.75 Å². The molecule has 0 unspecified atom stereocenters. The first kappa shape index (κ1) is 18.8. The number of nitro benzene ring substituents is 1. The Labute approximate surface area is 153 Å². The molecule has 0 saturated carbocycles. The van der Waals surface area contributed by atoms with E-state index in [2.05, 4.69) is 5.32 Å². The Hall–Kier alpha value is -2.51. The molecule has 0 saturated heterocycles. The van der Waals surface area contributed by atoms with Crippen molar-refractivity contribution in [2.24, 2.45) is 0 Å². The van der Waals surface area contributed by atoms with Crippen molar-refractivity contribution >= 4 is 40.7 Å². The van der Waals surface area contributed by atoms with Crippen LogP contribution in [-0.2, 0) is 4.74 Å². The van der Waals surface area contributed by atoms with Crippen molar-refractivity contribution in [1.82, 2.24) is 0 Å². The smallest absolute Gasteiger partial charge is 0.411 e. The van der Waals surface area contributed by atoms with Gasteiger partial charge in [-0.2, -0.15) is 0 Å². The molecule has 25 heavy (non-hydrogen) atoms. The van der Waals surface area contributed by atoms with E-state index in [9.17, 15) is 14.9 Å². The van der Waals surface area contributed by atoms with Crippen LogP contribution in [0, 0.1) is 17.0 Å². The van der Waals surface area contributed by atoms with Gasteiger partial charge in [0.2, 0.25) is 0 Å². The topological polar surface area (TPSA) is 90.7 Å². The Bertz CT molecular complexity index is 798. The first-order chi connectivity index (χ1) is 11.9. The Morgan fingerprint density at radius 1 is 1.20 bits per heavy atom. The van der Waals surface area contributed by atoms with Gasteiger partial charge >= 0.3 is 6.09 Å². The lowest BCUT2D eigenvalue weighted by molar-refractivity contribution is -0.385. The van der Waals surface area contributed by atoms with Crippen LogP contribution in [0.4, 0.5) is 16.2 Å². The molecule has 0 atom stereocenters. The number of hydrogen-bond acceptors (Lipinski definition) is 5. The average molecular weight is 385 g/mol. The third kappa shape index (κ3) is 5.51. The Morgan fingerprint density at radius 3 is 2.64 bits per heavy atom. The minimum atomic E-state index is -0.746. The minimum Gasteiger partial charge on any atom is -0.488 e. The summed E-state index contributed by atoms with van der Waals surface area (Å²) in [6.45, 7) is 1.67. The van der Waals surface area contributed by atoms with Gasteiger partial charge in [-0.15, -0.1) is 0 Å². The Balaban J connectivity index is 1.81. The van der Waals surface area contributed by atoms with Crippen molar-refractivity contribution in [3.8, 4) is 5.75 Å². The molecule has 132 valence electrons. The van der Waals surface area contributed by atoms with Gasteiger partial charge in [-0.05, 0) is 31.2 Å². The summed E-state index contributed by atoms with van der Waals surface area (Å²) >= 11 is 11.7. The molecule has 1 amide bonds. The summed E-state index contributed by atoms with van der Waals surface area (Å²) in [6.07, 6.45) is -0.746. The van der Waals surface area contributed by atoms with Crippen LogP contribution in [0.1, 0.15) is 5.56 Å². The molecule has 2 aromatic carbocycles.